The van der Waals surface area contributed by atoms with Gasteiger partial charge < -0.3 is 0 Å². The zero-order valence-corrected chi connectivity index (χ0v) is 29.7. The number of benzene rings is 5. The molecule has 2 nitrogen and oxygen atoms in total. The molecule has 0 fully saturated rings. The maximum atomic E-state index is 15.4. The molecule has 5 aromatic carbocycles. The number of Topliss-reactive ketones (excluding diaryl/α,β-unsaturated/α-hetero) is 1. The van der Waals surface area contributed by atoms with Gasteiger partial charge in [0.2, 0.25) is 12.3 Å². The fraction of sp³-hybridized carbons (Fsp3) is 0.0270. The third-order valence-corrected chi connectivity index (χ3v) is 9.30. The van der Waals surface area contributed by atoms with Crippen molar-refractivity contribution in [3.63, 3.8) is 0 Å². The normalized spacial score (nSPS) is 11.5. The Morgan fingerprint density at radius 3 is 0.852 bits per heavy atom. The Kier molecular flexibility index (Phi) is 12.9. The van der Waals surface area contributed by atoms with Crippen LogP contribution < -0.4 is 26.4 Å². The largest absolute Gasteiger partial charge is 0.287 e. The van der Waals surface area contributed by atoms with E-state index in [1.165, 1.54) is 0 Å². The first-order valence-corrected chi connectivity index (χ1v) is 16.4. The molecule has 320 valence electrons. The lowest BCUT2D eigenvalue weighted by atomic mass is 9.12. The van der Waals surface area contributed by atoms with Crippen molar-refractivity contribution in [2.45, 2.75) is 11.4 Å². The topological polar surface area (TPSA) is 20.9 Å². The van der Waals surface area contributed by atoms with Crippen molar-refractivity contribution in [2.75, 3.05) is 0 Å². The Labute approximate surface area is 331 Å². The highest BCUT2D eigenvalue weighted by molar-refractivity contribution is 7.80. The Morgan fingerprint density at radius 2 is 0.607 bits per heavy atom. The van der Waals surface area contributed by atoms with Crippen molar-refractivity contribution in [1.29, 1.82) is 0 Å². The van der Waals surface area contributed by atoms with Crippen molar-refractivity contribution >= 4 is 46.4 Å². The first kappa shape index (κ1) is 46.0. The van der Waals surface area contributed by atoms with Gasteiger partial charge in [0.15, 0.2) is 82.2 Å². The minimum atomic E-state index is -7.22. The van der Waals surface area contributed by atoms with E-state index in [-0.39, 0.29) is 5.78 Å². The zero-order valence-electron chi connectivity index (χ0n) is 28.8. The second-order valence-corrected chi connectivity index (χ2v) is 12.8. The molecular formula is C37H12BF20NOS. The third-order valence-electron chi connectivity index (χ3n) is 9.00. The van der Waals surface area contributed by atoms with E-state index in [9.17, 15) is 57.5 Å². The molecule has 0 saturated carbocycles. The molecular weight excluding hydrogens is 897 g/mol. The number of thiol groups is 1. The van der Waals surface area contributed by atoms with Crippen molar-refractivity contribution in [1.82, 2.24) is 0 Å². The number of nitrogens with zero attached hydrogens (tertiary/aromatic N) is 1. The summed E-state index contributed by atoms with van der Waals surface area (Å²) in [5, 5.41) is 0. The van der Waals surface area contributed by atoms with E-state index in [4.69, 9.17) is 0 Å². The highest BCUT2D eigenvalue weighted by Crippen LogP contribution is 2.30. The monoisotopic (exact) mass is 909 g/mol. The average Bonchev–Trinajstić information content (AvgIpc) is 3.24. The summed E-state index contributed by atoms with van der Waals surface area (Å²) in [7, 11) is 0. The smallest absolute Gasteiger partial charge is 0.227 e. The molecule has 0 saturated heterocycles. The van der Waals surface area contributed by atoms with Crippen LogP contribution in [0.5, 0.6) is 0 Å². The molecule has 6 aromatic rings. The van der Waals surface area contributed by atoms with Crippen molar-refractivity contribution in [2.24, 2.45) is 0 Å². The summed E-state index contributed by atoms with van der Waals surface area (Å²) >= 11 is 4.18. The lowest BCUT2D eigenvalue weighted by Crippen LogP contribution is -2.81. The number of hydrogen-bond donors (Lipinski definition) is 1. The van der Waals surface area contributed by atoms with Crippen molar-refractivity contribution < 1.29 is 97.2 Å². The maximum Gasteiger partial charge on any atom is 0.227 e. The summed E-state index contributed by atoms with van der Waals surface area (Å²) in [6.45, 7) is 0.368. The molecule has 0 atom stereocenters. The molecule has 0 bridgehead atoms. The Bertz CT molecular complexity index is 2370. The molecule has 24 heteroatoms. The SMILES string of the molecule is Fc1c(F)c(F)c([B-](c2c(F)c(F)c(F)c(F)c2F)(c2c(F)c(F)c(F)c(F)c2F)c2c(F)c(F)c(F)c(F)c2F)c(F)c1F.O=C(C[n+]1ccccc1)c1ccc(S)cc1. The quantitative estimate of drug-likeness (QED) is 0.0328. The van der Waals surface area contributed by atoms with Crippen LogP contribution >= 0.6 is 12.6 Å². The Balaban J connectivity index is 0.000000366. The minimum Gasteiger partial charge on any atom is -0.287 e. The lowest BCUT2D eigenvalue weighted by Gasteiger charge is -2.44. The summed E-state index contributed by atoms with van der Waals surface area (Å²) in [5.74, 6) is -71.3. The number of hydrogen-bond acceptors (Lipinski definition) is 2. The van der Waals surface area contributed by atoms with Gasteiger partial charge in [0.05, 0.1) is 0 Å². The first-order valence-electron chi connectivity index (χ1n) is 16.0. The average molecular weight is 909 g/mol. The van der Waals surface area contributed by atoms with Gasteiger partial charge in [0.1, 0.15) is 52.7 Å². The molecule has 61 heavy (non-hydrogen) atoms. The van der Waals surface area contributed by atoms with Crippen LogP contribution in [0.15, 0.2) is 59.8 Å². The molecule has 1 aromatic heterocycles. The summed E-state index contributed by atoms with van der Waals surface area (Å²) in [5.41, 5.74) is -13.6. The third kappa shape index (κ3) is 7.43. The number of rotatable bonds is 7. The van der Waals surface area contributed by atoms with Crippen LogP contribution in [0, 0.1) is 116 Å². The maximum absolute atomic E-state index is 15.4. The summed E-state index contributed by atoms with van der Waals surface area (Å²) in [6, 6.07) is 13.0. The number of ketones is 1. The van der Waals surface area contributed by atoms with Gasteiger partial charge in [-0.3, -0.25) is 4.79 Å². The van der Waals surface area contributed by atoms with Gasteiger partial charge in [-0.2, -0.15) is 4.57 Å². The number of halogens is 20. The fourth-order valence-corrected chi connectivity index (χ4v) is 6.47. The Hall–Kier alpha value is -6.07. The first-order chi connectivity index (χ1) is 28.5. The molecule has 0 aliphatic carbocycles. The molecule has 0 N–H and O–H groups in total. The number of aromatic nitrogens is 1. The highest BCUT2D eigenvalue weighted by atomic mass is 32.1. The summed E-state index contributed by atoms with van der Waals surface area (Å²) < 4.78 is 296. The van der Waals surface area contributed by atoms with Gasteiger partial charge >= 0.3 is 0 Å². The van der Waals surface area contributed by atoms with E-state index in [2.05, 4.69) is 12.6 Å². The zero-order chi connectivity index (χ0) is 45.7. The van der Waals surface area contributed by atoms with Crippen LogP contribution in [-0.4, -0.2) is 11.9 Å². The molecule has 0 aliphatic rings. The van der Waals surface area contributed by atoms with Crippen molar-refractivity contribution in [3.05, 3.63) is 177 Å². The van der Waals surface area contributed by atoms with Crippen LogP contribution in [0.1, 0.15) is 10.4 Å². The molecule has 0 amide bonds. The van der Waals surface area contributed by atoms with E-state index < -0.39 is 144 Å². The predicted octanol–water partition coefficient (Wildman–Crippen LogP) is 7.99. The number of carbonyl (C=O) groups is 1. The van der Waals surface area contributed by atoms with E-state index in [1.807, 2.05) is 47.3 Å². The summed E-state index contributed by atoms with van der Waals surface area (Å²) in [6.07, 6.45) is -3.46. The van der Waals surface area contributed by atoms with Crippen LogP contribution in [-0.2, 0) is 6.54 Å². The second-order valence-electron chi connectivity index (χ2n) is 12.3. The highest BCUT2D eigenvalue weighted by Gasteiger charge is 2.52. The van der Waals surface area contributed by atoms with E-state index in [0.717, 1.165) is 4.90 Å². The molecule has 0 radical (unpaired) electrons. The van der Waals surface area contributed by atoms with Gasteiger partial charge in [-0.15, -0.1) is 34.5 Å². The van der Waals surface area contributed by atoms with Crippen molar-refractivity contribution in [3.8, 4) is 0 Å². The van der Waals surface area contributed by atoms with Gasteiger partial charge in [0, 0.05) is 22.6 Å². The minimum absolute atomic E-state index is 0.101. The number of pyridine rings is 1. The van der Waals surface area contributed by atoms with Gasteiger partial charge in [-0.25, -0.2) is 87.8 Å². The second kappa shape index (κ2) is 17.1. The molecule has 1 heterocycles. The lowest BCUT2D eigenvalue weighted by molar-refractivity contribution is -0.683. The fourth-order valence-electron chi connectivity index (χ4n) is 6.32. The van der Waals surface area contributed by atoms with Crippen LogP contribution in [0.4, 0.5) is 87.8 Å². The van der Waals surface area contributed by atoms with E-state index >= 15 is 35.1 Å². The standard InChI is InChI=1S/C24BF20.C13H11NOS/c26-5-1(6(27)14(35)21(42)13(5)34)25(2-7(28)15(36)22(43)16(37)8(2)29,3-9(30)17(38)23(44)18(39)10(3)31)4-11(32)19(40)24(45)20(41)12(4)33;15-13(10-14-8-2-1-3-9-14)11-4-6-12(16)7-5-11/h;1-9H,10H2/q-1;/p+1. The predicted molar refractivity (Wildman–Crippen MR) is 174 cm³/mol. The van der Waals surface area contributed by atoms with Gasteiger partial charge in [-0.1, -0.05) is 18.2 Å². The molecule has 0 spiro atoms. The molecule has 0 unspecified atom stereocenters. The van der Waals surface area contributed by atoms with Gasteiger partial charge in [-0.05, 0) is 12.1 Å². The van der Waals surface area contributed by atoms with Gasteiger partial charge in [0.25, 0.3) is 0 Å². The van der Waals surface area contributed by atoms with Crippen LogP contribution in [0.2, 0.25) is 0 Å². The van der Waals surface area contributed by atoms with E-state index in [0.29, 0.717) is 12.1 Å². The summed E-state index contributed by atoms with van der Waals surface area (Å²) in [4.78, 5) is 12.7. The van der Waals surface area contributed by atoms with Crippen LogP contribution in [0.25, 0.3) is 0 Å². The Morgan fingerprint density at radius 1 is 0.377 bits per heavy atom. The van der Waals surface area contributed by atoms with Crippen LogP contribution in [0.3, 0.4) is 0 Å². The molecule has 6 rings (SSSR count). The molecule has 0 aliphatic heterocycles. The van der Waals surface area contributed by atoms with E-state index in [1.54, 1.807) is 12.1 Å². The number of carbonyl (C=O) groups excluding carboxylic acids is 1.